The minimum Gasteiger partial charge on any atom is -0.497 e. The van der Waals surface area contributed by atoms with E-state index < -0.39 is 0 Å². The first kappa shape index (κ1) is 22.9. The second-order valence-electron chi connectivity index (χ2n) is 7.71. The molecule has 2 aromatic carbocycles. The molecule has 0 spiro atoms. The van der Waals surface area contributed by atoms with Crippen molar-refractivity contribution in [3.05, 3.63) is 53.1 Å². The van der Waals surface area contributed by atoms with Gasteiger partial charge in [-0.1, -0.05) is 12.1 Å². The van der Waals surface area contributed by atoms with E-state index in [-0.39, 0.29) is 24.6 Å². The zero-order valence-electron chi connectivity index (χ0n) is 18.9. The SMILES string of the molecule is COCC(=O)N[C@@H](C)[C@@H]1c2cc(OC)c(OC)cc2CCN1Cc1cccc(OC)c1. The largest absolute Gasteiger partial charge is 0.497 e. The number of carbonyl (C=O) groups excluding carboxylic acids is 1. The van der Waals surface area contributed by atoms with Crippen LogP contribution in [0.25, 0.3) is 0 Å². The molecule has 1 heterocycles. The van der Waals surface area contributed by atoms with Gasteiger partial charge >= 0.3 is 0 Å². The number of amides is 1. The van der Waals surface area contributed by atoms with Crippen molar-refractivity contribution >= 4 is 5.91 Å². The highest BCUT2D eigenvalue weighted by atomic mass is 16.5. The van der Waals surface area contributed by atoms with Crippen LogP contribution >= 0.6 is 0 Å². The highest BCUT2D eigenvalue weighted by Gasteiger charge is 2.33. The van der Waals surface area contributed by atoms with Gasteiger partial charge in [-0.25, -0.2) is 0 Å². The molecule has 1 N–H and O–H groups in total. The normalized spacial score (nSPS) is 16.9. The minimum atomic E-state index is -0.135. The van der Waals surface area contributed by atoms with Crippen molar-refractivity contribution in [2.45, 2.75) is 32.0 Å². The summed E-state index contributed by atoms with van der Waals surface area (Å²) in [6.45, 7) is 3.66. The molecule has 1 amide bonds. The molecule has 3 rings (SSSR count). The van der Waals surface area contributed by atoms with Crippen molar-refractivity contribution in [1.82, 2.24) is 10.2 Å². The average Bonchev–Trinajstić information content (AvgIpc) is 2.78. The maximum atomic E-state index is 12.3. The summed E-state index contributed by atoms with van der Waals surface area (Å²) in [6.07, 6.45) is 0.884. The Balaban J connectivity index is 1.97. The lowest BCUT2D eigenvalue weighted by Crippen LogP contribution is -2.48. The van der Waals surface area contributed by atoms with Crippen LogP contribution in [0.3, 0.4) is 0 Å². The Morgan fingerprint density at radius 3 is 2.52 bits per heavy atom. The van der Waals surface area contributed by atoms with E-state index in [0.29, 0.717) is 5.75 Å². The Morgan fingerprint density at radius 1 is 1.10 bits per heavy atom. The molecule has 31 heavy (non-hydrogen) atoms. The fraction of sp³-hybridized carbons (Fsp3) is 0.458. The van der Waals surface area contributed by atoms with Gasteiger partial charge in [0.25, 0.3) is 0 Å². The number of hydrogen-bond donors (Lipinski definition) is 1. The molecule has 0 radical (unpaired) electrons. The molecule has 168 valence electrons. The van der Waals surface area contributed by atoms with Crippen LogP contribution in [0.15, 0.2) is 36.4 Å². The molecule has 0 unspecified atom stereocenters. The van der Waals surface area contributed by atoms with E-state index in [1.54, 1.807) is 21.3 Å². The molecule has 1 aliphatic heterocycles. The second kappa shape index (κ2) is 10.5. The van der Waals surface area contributed by atoms with Crippen LogP contribution in [-0.4, -0.2) is 58.4 Å². The van der Waals surface area contributed by atoms with Gasteiger partial charge < -0.3 is 24.3 Å². The van der Waals surface area contributed by atoms with Crippen LogP contribution < -0.4 is 19.5 Å². The van der Waals surface area contributed by atoms with Gasteiger partial charge in [0.05, 0.1) is 27.4 Å². The molecular weight excluding hydrogens is 396 g/mol. The van der Waals surface area contributed by atoms with Crippen molar-refractivity contribution < 1.29 is 23.7 Å². The quantitative estimate of drug-likeness (QED) is 0.662. The summed E-state index contributed by atoms with van der Waals surface area (Å²) in [7, 11) is 6.48. The number of methoxy groups -OCH3 is 4. The monoisotopic (exact) mass is 428 g/mol. The summed E-state index contributed by atoms with van der Waals surface area (Å²) in [5.41, 5.74) is 3.50. The van der Waals surface area contributed by atoms with Crippen LogP contribution in [-0.2, 0) is 22.5 Å². The zero-order chi connectivity index (χ0) is 22.4. The van der Waals surface area contributed by atoms with Gasteiger partial charge in [-0.05, 0) is 54.3 Å². The molecule has 0 fully saturated rings. The van der Waals surface area contributed by atoms with Gasteiger partial charge in [-0.2, -0.15) is 0 Å². The van der Waals surface area contributed by atoms with Gasteiger partial charge in [0, 0.05) is 26.2 Å². The van der Waals surface area contributed by atoms with Crippen molar-refractivity contribution in [1.29, 1.82) is 0 Å². The van der Waals surface area contributed by atoms with Crippen LogP contribution in [0, 0.1) is 0 Å². The lowest BCUT2D eigenvalue weighted by atomic mass is 9.87. The molecule has 7 nitrogen and oxygen atoms in total. The number of nitrogens with one attached hydrogen (secondary N) is 1. The van der Waals surface area contributed by atoms with Gasteiger partial charge in [-0.3, -0.25) is 9.69 Å². The zero-order valence-corrected chi connectivity index (χ0v) is 18.9. The van der Waals surface area contributed by atoms with Crippen LogP contribution in [0.2, 0.25) is 0 Å². The third-order valence-electron chi connectivity index (χ3n) is 5.68. The fourth-order valence-electron chi connectivity index (χ4n) is 4.30. The Bertz CT molecular complexity index is 902. The Kier molecular flexibility index (Phi) is 7.76. The van der Waals surface area contributed by atoms with E-state index in [1.165, 1.54) is 12.7 Å². The van der Waals surface area contributed by atoms with Gasteiger partial charge in [-0.15, -0.1) is 0 Å². The van der Waals surface area contributed by atoms with E-state index in [0.717, 1.165) is 42.1 Å². The summed E-state index contributed by atoms with van der Waals surface area (Å²) >= 11 is 0. The molecule has 0 aliphatic carbocycles. The highest BCUT2D eigenvalue weighted by molar-refractivity contribution is 5.77. The minimum absolute atomic E-state index is 0.0319. The first-order chi connectivity index (χ1) is 15.0. The summed E-state index contributed by atoms with van der Waals surface area (Å²) < 4.78 is 21.5. The topological polar surface area (TPSA) is 69.3 Å². The van der Waals surface area contributed by atoms with Crippen molar-refractivity contribution in [3.8, 4) is 17.2 Å². The first-order valence-corrected chi connectivity index (χ1v) is 10.4. The van der Waals surface area contributed by atoms with Crippen LogP contribution in [0.4, 0.5) is 0 Å². The number of nitrogens with zero attached hydrogens (tertiary/aromatic N) is 1. The maximum Gasteiger partial charge on any atom is 0.246 e. The number of hydrogen-bond acceptors (Lipinski definition) is 6. The standard InChI is InChI=1S/C24H32N2O5/c1-16(25-23(27)15-28-2)24-20-13-22(31-5)21(30-4)12-18(20)9-10-26(24)14-17-7-6-8-19(11-17)29-3/h6-8,11-13,16,24H,9-10,14-15H2,1-5H3,(H,25,27)/t16-,24+/m0/s1. The van der Waals surface area contributed by atoms with E-state index >= 15 is 0 Å². The molecule has 0 aromatic heterocycles. The summed E-state index contributed by atoms with van der Waals surface area (Å²) in [6, 6.07) is 12.0. The summed E-state index contributed by atoms with van der Waals surface area (Å²) in [4.78, 5) is 14.7. The third-order valence-corrected chi connectivity index (χ3v) is 5.68. The molecule has 2 aromatic rings. The average molecular weight is 429 g/mol. The Hall–Kier alpha value is -2.77. The Labute approximate surface area is 184 Å². The molecule has 0 saturated heterocycles. The summed E-state index contributed by atoms with van der Waals surface area (Å²) in [5, 5.41) is 3.09. The molecule has 1 aliphatic rings. The summed E-state index contributed by atoms with van der Waals surface area (Å²) in [5.74, 6) is 2.10. The predicted molar refractivity (Wildman–Crippen MR) is 119 cm³/mol. The lowest BCUT2D eigenvalue weighted by molar-refractivity contribution is -0.125. The number of benzene rings is 2. The number of ether oxygens (including phenoxy) is 4. The lowest BCUT2D eigenvalue weighted by Gasteiger charge is -2.41. The van der Waals surface area contributed by atoms with Gasteiger partial charge in [0.1, 0.15) is 12.4 Å². The van der Waals surface area contributed by atoms with Crippen LogP contribution in [0.1, 0.15) is 29.7 Å². The van der Waals surface area contributed by atoms with Gasteiger partial charge in [0.15, 0.2) is 11.5 Å². The second-order valence-corrected chi connectivity index (χ2v) is 7.71. The van der Waals surface area contributed by atoms with E-state index in [2.05, 4.69) is 22.3 Å². The van der Waals surface area contributed by atoms with Crippen LogP contribution in [0.5, 0.6) is 17.2 Å². The predicted octanol–water partition coefficient (Wildman–Crippen LogP) is 2.96. The first-order valence-electron chi connectivity index (χ1n) is 10.4. The van der Waals surface area contributed by atoms with E-state index in [1.807, 2.05) is 31.2 Å². The highest BCUT2D eigenvalue weighted by Crippen LogP contribution is 2.40. The fourth-order valence-corrected chi connectivity index (χ4v) is 4.30. The van der Waals surface area contributed by atoms with Crippen molar-refractivity contribution in [2.75, 3.05) is 41.6 Å². The molecule has 0 bridgehead atoms. The van der Waals surface area contributed by atoms with E-state index in [4.69, 9.17) is 18.9 Å². The van der Waals surface area contributed by atoms with Gasteiger partial charge in [0.2, 0.25) is 5.91 Å². The third kappa shape index (κ3) is 5.29. The molecule has 0 saturated carbocycles. The maximum absolute atomic E-state index is 12.3. The Morgan fingerprint density at radius 2 is 1.84 bits per heavy atom. The number of rotatable bonds is 9. The van der Waals surface area contributed by atoms with Crippen molar-refractivity contribution in [3.63, 3.8) is 0 Å². The smallest absolute Gasteiger partial charge is 0.246 e. The number of fused-ring (bicyclic) bond motifs is 1. The molecular formula is C24H32N2O5. The molecule has 2 atom stereocenters. The number of carbonyl (C=O) groups is 1. The van der Waals surface area contributed by atoms with Crippen molar-refractivity contribution in [2.24, 2.45) is 0 Å². The van der Waals surface area contributed by atoms with E-state index in [9.17, 15) is 4.79 Å². The molecule has 7 heteroatoms.